The molecular weight excluding hydrogens is 248 g/mol. The van der Waals surface area contributed by atoms with Crippen molar-refractivity contribution in [3.8, 4) is 0 Å². The van der Waals surface area contributed by atoms with Gasteiger partial charge in [0.05, 0.1) is 0 Å². The maximum atomic E-state index is 12.1. The van der Waals surface area contributed by atoms with Gasteiger partial charge in [-0.1, -0.05) is 60.7 Å². The molecule has 0 saturated heterocycles. The van der Waals surface area contributed by atoms with Crippen LogP contribution in [0.5, 0.6) is 0 Å². The Morgan fingerprint density at radius 1 is 0.900 bits per heavy atom. The lowest BCUT2D eigenvalue weighted by Gasteiger charge is -2.09. The normalized spacial score (nSPS) is 11.7. The van der Waals surface area contributed by atoms with Gasteiger partial charge in [0.2, 0.25) is 0 Å². The van der Waals surface area contributed by atoms with Crippen molar-refractivity contribution in [1.82, 2.24) is 0 Å². The Bertz CT molecular complexity index is 598. The third kappa shape index (κ3) is 3.58. The van der Waals surface area contributed by atoms with Gasteiger partial charge in [-0.05, 0) is 30.5 Å². The van der Waals surface area contributed by atoms with Crippen LogP contribution in [-0.4, -0.2) is 5.97 Å². The number of ether oxygens (including phenoxy) is 1. The Morgan fingerprint density at radius 3 is 2.05 bits per heavy atom. The van der Waals surface area contributed by atoms with Crippen molar-refractivity contribution in [2.75, 3.05) is 0 Å². The number of rotatable bonds is 4. The highest BCUT2D eigenvalue weighted by Crippen LogP contribution is 2.18. The first-order chi connectivity index (χ1) is 9.68. The summed E-state index contributed by atoms with van der Waals surface area (Å²) >= 11 is 0. The molecule has 0 radical (unpaired) electrons. The fourth-order valence-corrected chi connectivity index (χ4v) is 1.89. The van der Waals surface area contributed by atoms with E-state index in [4.69, 9.17) is 4.74 Å². The topological polar surface area (TPSA) is 26.3 Å². The van der Waals surface area contributed by atoms with Crippen molar-refractivity contribution < 1.29 is 9.53 Å². The van der Waals surface area contributed by atoms with Gasteiger partial charge in [0.25, 0.3) is 0 Å². The van der Waals surface area contributed by atoms with Crippen LogP contribution >= 0.6 is 0 Å². The summed E-state index contributed by atoms with van der Waals surface area (Å²) < 4.78 is 5.34. The number of hydrogen-bond acceptors (Lipinski definition) is 2. The number of allylic oxidation sites excluding steroid dienone is 1. The largest absolute Gasteiger partial charge is 0.457 e. The van der Waals surface area contributed by atoms with Gasteiger partial charge >= 0.3 is 5.97 Å². The molecule has 2 nitrogen and oxygen atoms in total. The molecule has 0 saturated carbocycles. The molecule has 0 bridgehead atoms. The van der Waals surface area contributed by atoms with Crippen molar-refractivity contribution in [3.63, 3.8) is 0 Å². The van der Waals surface area contributed by atoms with Crippen molar-refractivity contribution >= 4 is 11.5 Å². The van der Waals surface area contributed by atoms with Crippen LogP contribution in [-0.2, 0) is 16.1 Å². The van der Waals surface area contributed by atoms with Crippen molar-refractivity contribution in [1.29, 1.82) is 0 Å². The van der Waals surface area contributed by atoms with Crippen LogP contribution < -0.4 is 0 Å². The quantitative estimate of drug-likeness (QED) is 0.611. The zero-order chi connectivity index (χ0) is 14.4. The van der Waals surface area contributed by atoms with E-state index in [-0.39, 0.29) is 5.97 Å². The Morgan fingerprint density at radius 2 is 1.45 bits per heavy atom. The first kappa shape index (κ1) is 14.1. The summed E-state index contributed by atoms with van der Waals surface area (Å²) in [5, 5.41) is 0. The second-order valence-electron chi connectivity index (χ2n) is 4.68. The van der Waals surface area contributed by atoms with E-state index in [1.165, 1.54) is 0 Å². The molecule has 0 atom stereocenters. The van der Waals surface area contributed by atoms with E-state index in [9.17, 15) is 4.79 Å². The van der Waals surface area contributed by atoms with Crippen LogP contribution in [0.4, 0.5) is 0 Å². The summed E-state index contributed by atoms with van der Waals surface area (Å²) in [5.41, 5.74) is 3.63. The van der Waals surface area contributed by atoms with Crippen LogP contribution in [0, 0.1) is 0 Å². The molecule has 102 valence electrons. The van der Waals surface area contributed by atoms with Crippen LogP contribution in [0.1, 0.15) is 25.0 Å². The minimum Gasteiger partial charge on any atom is -0.457 e. The molecule has 0 unspecified atom stereocenters. The molecule has 0 aliphatic rings. The average Bonchev–Trinajstić information content (AvgIpc) is 2.53. The number of hydrogen-bond donors (Lipinski definition) is 0. The minimum atomic E-state index is -0.268. The molecule has 20 heavy (non-hydrogen) atoms. The van der Waals surface area contributed by atoms with Crippen LogP contribution in [0.3, 0.4) is 0 Å². The van der Waals surface area contributed by atoms with Gasteiger partial charge in [-0.2, -0.15) is 0 Å². The Hall–Kier alpha value is -2.35. The number of esters is 1. The monoisotopic (exact) mass is 266 g/mol. The standard InChI is InChI=1S/C18H18O2/c1-14(17-11-7-4-8-12-17)15(2)18(19)20-13-16-9-5-3-6-10-16/h3-12H,13H2,1-2H3. The summed E-state index contributed by atoms with van der Waals surface area (Å²) in [6.07, 6.45) is 0. The SMILES string of the molecule is CC(C(=O)OCc1ccccc1)=C(C)c1ccccc1. The van der Waals surface area contributed by atoms with Crippen LogP contribution in [0.15, 0.2) is 66.2 Å². The first-order valence-corrected chi connectivity index (χ1v) is 6.62. The molecule has 2 aromatic rings. The molecule has 0 fully saturated rings. The highest BCUT2D eigenvalue weighted by Gasteiger charge is 2.10. The van der Waals surface area contributed by atoms with Crippen LogP contribution in [0.2, 0.25) is 0 Å². The molecule has 0 amide bonds. The van der Waals surface area contributed by atoms with Crippen molar-refractivity contribution in [2.45, 2.75) is 20.5 Å². The van der Waals surface area contributed by atoms with E-state index < -0.39 is 0 Å². The summed E-state index contributed by atoms with van der Waals surface area (Å²) in [5.74, 6) is -0.268. The van der Waals surface area contributed by atoms with Gasteiger partial charge in [-0.15, -0.1) is 0 Å². The van der Waals surface area contributed by atoms with E-state index in [2.05, 4.69) is 0 Å². The van der Waals surface area contributed by atoms with Gasteiger partial charge < -0.3 is 4.74 Å². The lowest BCUT2D eigenvalue weighted by molar-refractivity contribution is -0.140. The summed E-state index contributed by atoms with van der Waals surface area (Å²) in [6.45, 7) is 4.04. The average molecular weight is 266 g/mol. The second kappa shape index (κ2) is 6.71. The maximum absolute atomic E-state index is 12.1. The van der Waals surface area contributed by atoms with Gasteiger partial charge in [0, 0.05) is 5.57 Å². The van der Waals surface area contributed by atoms with Crippen molar-refractivity contribution in [2.24, 2.45) is 0 Å². The highest BCUT2D eigenvalue weighted by atomic mass is 16.5. The predicted molar refractivity (Wildman–Crippen MR) is 80.9 cm³/mol. The Kier molecular flexibility index (Phi) is 4.72. The van der Waals surface area contributed by atoms with E-state index >= 15 is 0 Å². The number of carbonyl (C=O) groups is 1. The molecular formula is C18H18O2. The first-order valence-electron chi connectivity index (χ1n) is 6.62. The van der Waals surface area contributed by atoms with Crippen molar-refractivity contribution in [3.05, 3.63) is 77.4 Å². The maximum Gasteiger partial charge on any atom is 0.334 e. The van der Waals surface area contributed by atoms with E-state index in [0.717, 1.165) is 16.7 Å². The van der Waals surface area contributed by atoms with Gasteiger partial charge in [-0.25, -0.2) is 4.79 Å². The molecule has 0 N–H and O–H groups in total. The van der Waals surface area contributed by atoms with E-state index in [0.29, 0.717) is 12.2 Å². The number of benzene rings is 2. The molecule has 2 heteroatoms. The molecule has 2 rings (SSSR count). The second-order valence-corrected chi connectivity index (χ2v) is 4.68. The fraction of sp³-hybridized carbons (Fsp3) is 0.167. The number of carbonyl (C=O) groups excluding carboxylic acids is 1. The lowest BCUT2D eigenvalue weighted by Crippen LogP contribution is -2.07. The van der Waals surface area contributed by atoms with E-state index in [1.54, 1.807) is 6.92 Å². The Labute approximate surface area is 119 Å². The summed E-state index contributed by atoms with van der Waals surface area (Å²) in [6, 6.07) is 19.5. The molecule has 2 aromatic carbocycles. The zero-order valence-corrected chi connectivity index (χ0v) is 11.8. The fourth-order valence-electron chi connectivity index (χ4n) is 1.89. The predicted octanol–water partition coefficient (Wildman–Crippen LogP) is 4.22. The van der Waals surface area contributed by atoms with Crippen LogP contribution in [0.25, 0.3) is 5.57 Å². The summed E-state index contributed by atoms with van der Waals surface area (Å²) in [7, 11) is 0. The van der Waals surface area contributed by atoms with E-state index in [1.807, 2.05) is 67.6 Å². The third-order valence-electron chi connectivity index (χ3n) is 3.29. The summed E-state index contributed by atoms with van der Waals surface area (Å²) in [4.78, 5) is 12.1. The van der Waals surface area contributed by atoms with Gasteiger partial charge in [0.15, 0.2) is 0 Å². The lowest BCUT2D eigenvalue weighted by atomic mass is 10.0. The molecule has 0 aliphatic carbocycles. The smallest absolute Gasteiger partial charge is 0.334 e. The minimum absolute atomic E-state index is 0.268. The molecule has 0 spiro atoms. The zero-order valence-electron chi connectivity index (χ0n) is 11.8. The molecule has 0 aliphatic heterocycles. The van der Waals surface area contributed by atoms with Gasteiger partial charge in [0.1, 0.15) is 6.61 Å². The third-order valence-corrected chi connectivity index (χ3v) is 3.29. The molecule has 0 heterocycles. The Balaban J connectivity index is 2.05. The molecule has 0 aromatic heterocycles. The van der Waals surface area contributed by atoms with Gasteiger partial charge in [-0.3, -0.25) is 0 Å². The highest BCUT2D eigenvalue weighted by molar-refractivity contribution is 5.96.